The van der Waals surface area contributed by atoms with Crippen LogP contribution in [0.4, 0.5) is 4.39 Å². The van der Waals surface area contributed by atoms with Gasteiger partial charge in [0.05, 0.1) is 19.6 Å². The predicted octanol–water partition coefficient (Wildman–Crippen LogP) is 4.85. The summed E-state index contributed by atoms with van der Waals surface area (Å²) in [4.78, 5) is 12.7. The zero-order valence-electron chi connectivity index (χ0n) is 16.1. The van der Waals surface area contributed by atoms with Crippen LogP contribution in [0.3, 0.4) is 0 Å². The molecular weight excluding hydrogens is 353 g/mol. The average Bonchev–Trinajstić information content (AvgIpc) is 2.73. The second-order valence-electron chi connectivity index (χ2n) is 6.68. The molecule has 1 amide bonds. The fraction of sp³-hybridized carbons (Fsp3) is 0.208. The van der Waals surface area contributed by atoms with Crippen LogP contribution >= 0.6 is 0 Å². The normalized spacial score (nSPS) is 11.7. The van der Waals surface area contributed by atoms with E-state index in [1.807, 2.05) is 54.6 Å². The molecule has 0 aromatic heterocycles. The molecule has 0 bridgehead atoms. The Balaban J connectivity index is 1.82. The van der Waals surface area contributed by atoms with Crippen molar-refractivity contribution in [3.8, 4) is 5.75 Å². The minimum atomic E-state index is -0.410. The molecule has 1 atom stereocenters. The van der Waals surface area contributed by atoms with Gasteiger partial charge in [0, 0.05) is 0 Å². The number of methoxy groups -OCH3 is 1. The minimum Gasteiger partial charge on any atom is -0.497 e. The van der Waals surface area contributed by atoms with Gasteiger partial charge in [0.15, 0.2) is 0 Å². The quantitative estimate of drug-likeness (QED) is 0.639. The van der Waals surface area contributed by atoms with Crippen LogP contribution in [0, 0.1) is 5.82 Å². The van der Waals surface area contributed by atoms with Crippen molar-refractivity contribution in [2.75, 3.05) is 7.11 Å². The van der Waals surface area contributed by atoms with E-state index in [1.165, 1.54) is 17.7 Å². The van der Waals surface area contributed by atoms with Gasteiger partial charge in [-0.2, -0.15) is 0 Å². The number of carbonyl (C=O) groups excluding carboxylic acids is 1. The van der Waals surface area contributed by atoms with Gasteiger partial charge in [-0.15, -0.1) is 0 Å². The summed E-state index contributed by atoms with van der Waals surface area (Å²) in [5.41, 5.74) is 3.74. The van der Waals surface area contributed by atoms with E-state index in [-0.39, 0.29) is 18.1 Å². The van der Waals surface area contributed by atoms with E-state index in [2.05, 4.69) is 12.2 Å². The SMILES string of the molecule is CCc1ccc([C@@H](NC(=O)Cc2ccc(OC)cc2)c2cccc(F)c2)cc1. The molecule has 0 radical (unpaired) electrons. The van der Waals surface area contributed by atoms with Crippen LogP contribution in [-0.4, -0.2) is 13.0 Å². The maximum atomic E-state index is 13.8. The van der Waals surface area contributed by atoms with E-state index in [0.29, 0.717) is 5.56 Å². The molecule has 28 heavy (non-hydrogen) atoms. The van der Waals surface area contributed by atoms with Crippen LogP contribution in [0.5, 0.6) is 5.75 Å². The van der Waals surface area contributed by atoms with Gasteiger partial charge < -0.3 is 10.1 Å². The summed E-state index contributed by atoms with van der Waals surface area (Å²) in [6.45, 7) is 2.09. The fourth-order valence-corrected chi connectivity index (χ4v) is 3.13. The van der Waals surface area contributed by atoms with Crippen LogP contribution in [0.25, 0.3) is 0 Å². The van der Waals surface area contributed by atoms with Crippen LogP contribution in [0.1, 0.15) is 35.2 Å². The van der Waals surface area contributed by atoms with Gasteiger partial charge in [0.2, 0.25) is 5.91 Å². The Morgan fingerprint density at radius 1 is 0.964 bits per heavy atom. The maximum absolute atomic E-state index is 13.8. The predicted molar refractivity (Wildman–Crippen MR) is 109 cm³/mol. The van der Waals surface area contributed by atoms with Gasteiger partial charge >= 0.3 is 0 Å². The first kappa shape index (κ1) is 19.6. The number of benzene rings is 3. The molecule has 3 nitrogen and oxygen atoms in total. The number of ether oxygens (including phenoxy) is 1. The third kappa shape index (κ3) is 4.97. The second kappa shape index (κ2) is 9.18. The van der Waals surface area contributed by atoms with E-state index in [0.717, 1.165) is 23.3 Å². The largest absolute Gasteiger partial charge is 0.497 e. The molecule has 0 heterocycles. The smallest absolute Gasteiger partial charge is 0.225 e. The molecular formula is C24H24FNO2. The Bertz CT molecular complexity index is 920. The lowest BCUT2D eigenvalue weighted by Crippen LogP contribution is -2.30. The van der Waals surface area contributed by atoms with Gasteiger partial charge in [-0.25, -0.2) is 4.39 Å². The molecule has 0 aliphatic carbocycles. The number of hydrogen-bond acceptors (Lipinski definition) is 2. The monoisotopic (exact) mass is 377 g/mol. The van der Waals surface area contributed by atoms with Crippen molar-refractivity contribution in [2.45, 2.75) is 25.8 Å². The van der Waals surface area contributed by atoms with Crippen LogP contribution in [-0.2, 0) is 17.6 Å². The fourth-order valence-electron chi connectivity index (χ4n) is 3.13. The van der Waals surface area contributed by atoms with E-state index < -0.39 is 6.04 Å². The van der Waals surface area contributed by atoms with E-state index in [1.54, 1.807) is 13.2 Å². The van der Waals surface area contributed by atoms with Crippen LogP contribution in [0.15, 0.2) is 72.8 Å². The van der Waals surface area contributed by atoms with Gasteiger partial charge in [-0.05, 0) is 52.9 Å². The van der Waals surface area contributed by atoms with Crippen molar-refractivity contribution in [3.63, 3.8) is 0 Å². The molecule has 0 spiro atoms. The number of rotatable bonds is 7. The number of carbonyl (C=O) groups is 1. The molecule has 0 saturated heterocycles. The number of hydrogen-bond donors (Lipinski definition) is 1. The lowest BCUT2D eigenvalue weighted by Gasteiger charge is -2.20. The standard InChI is InChI=1S/C24H24FNO2/c1-3-17-7-11-19(12-8-17)24(20-5-4-6-21(25)16-20)26-23(27)15-18-9-13-22(28-2)14-10-18/h4-14,16,24H,3,15H2,1-2H3,(H,26,27)/t24-/m1/s1. The summed E-state index contributed by atoms with van der Waals surface area (Å²) >= 11 is 0. The van der Waals surface area contributed by atoms with Gasteiger partial charge in [0.25, 0.3) is 0 Å². The highest BCUT2D eigenvalue weighted by Crippen LogP contribution is 2.24. The topological polar surface area (TPSA) is 38.3 Å². The summed E-state index contributed by atoms with van der Waals surface area (Å²) in [6, 6.07) is 21.4. The molecule has 3 rings (SSSR count). The highest BCUT2D eigenvalue weighted by atomic mass is 19.1. The number of amides is 1. The Morgan fingerprint density at radius 2 is 1.64 bits per heavy atom. The van der Waals surface area contributed by atoms with Crippen LogP contribution in [0.2, 0.25) is 0 Å². The Labute approximate surface area is 165 Å². The third-order valence-corrected chi connectivity index (χ3v) is 4.73. The highest BCUT2D eigenvalue weighted by molar-refractivity contribution is 5.79. The maximum Gasteiger partial charge on any atom is 0.225 e. The van der Waals surface area contributed by atoms with E-state index >= 15 is 0 Å². The molecule has 3 aromatic rings. The second-order valence-corrected chi connectivity index (χ2v) is 6.68. The Kier molecular flexibility index (Phi) is 6.43. The zero-order chi connectivity index (χ0) is 19.9. The van der Waals surface area contributed by atoms with Gasteiger partial charge in [-0.3, -0.25) is 4.79 Å². The van der Waals surface area contributed by atoms with Crippen molar-refractivity contribution in [1.82, 2.24) is 5.32 Å². The van der Waals surface area contributed by atoms with Crippen molar-refractivity contribution in [3.05, 3.63) is 101 Å². The number of halogens is 1. The molecule has 4 heteroatoms. The Hall–Kier alpha value is -3.14. The van der Waals surface area contributed by atoms with Crippen LogP contribution < -0.4 is 10.1 Å². The molecule has 0 unspecified atom stereocenters. The molecule has 0 saturated carbocycles. The molecule has 1 N–H and O–H groups in total. The van der Waals surface area contributed by atoms with Crippen molar-refractivity contribution in [2.24, 2.45) is 0 Å². The first-order valence-corrected chi connectivity index (χ1v) is 9.35. The third-order valence-electron chi connectivity index (χ3n) is 4.73. The summed E-state index contributed by atoms with van der Waals surface area (Å²) in [5.74, 6) is 0.300. The minimum absolute atomic E-state index is 0.126. The summed E-state index contributed by atoms with van der Waals surface area (Å²) in [6.07, 6.45) is 1.18. The molecule has 0 fully saturated rings. The number of nitrogens with one attached hydrogen (secondary N) is 1. The molecule has 144 valence electrons. The Morgan fingerprint density at radius 3 is 2.25 bits per heavy atom. The van der Waals surface area contributed by atoms with Crippen molar-refractivity contribution >= 4 is 5.91 Å². The van der Waals surface area contributed by atoms with Gasteiger partial charge in [-0.1, -0.05) is 55.5 Å². The highest BCUT2D eigenvalue weighted by Gasteiger charge is 2.18. The lowest BCUT2D eigenvalue weighted by atomic mass is 9.96. The first-order chi connectivity index (χ1) is 13.6. The average molecular weight is 377 g/mol. The summed E-state index contributed by atoms with van der Waals surface area (Å²) in [7, 11) is 1.61. The molecule has 3 aromatic carbocycles. The lowest BCUT2D eigenvalue weighted by molar-refractivity contribution is -0.120. The van der Waals surface area contributed by atoms with E-state index in [4.69, 9.17) is 4.74 Å². The number of aryl methyl sites for hydroxylation is 1. The van der Waals surface area contributed by atoms with Crippen molar-refractivity contribution in [1.29, 1.82) is 0 Å². The molecule has 0 aliphatic heterocycles. The van der Waals surface area contributed by atoms with Gasteiger partial charge in [0.1, 0.15) is 11.6 Å². The summed E-state index contributed by atoms with van der Waals surface area (Å²) < 4.78 is 18.9. The zero-order valence-corrected chi connectivity index (χ0v) is 16.1. The van der Waals surface area contributed by atoms with Crippen molar-refractivity contribution < 1.29 is 13.9 Å². The summed E-state index contributed by atoms with van der Waals surface area (Å²) in [5, 5.41) is 3.05. The van der Waals surface area contributed by atoms with E-state index in [9.17, 15) is 9.18 Å². The first-order valence-electron chi connectivity index (χ1n) is 9.35. The molecule has 0 aliphatic rings.